The van der Waals surface area contributed by atoms with E-state index in [4.69, 9.17) is 15.0 Å². The van der Waals surface area contributed by atoms with Crippen LogP contribution in [0.1, 0.15) is 18.7 Å². The summed E-state index contributed by atoms with van der Waals surface area (Å²) < 4.78 is 0. The van der Waals surface area contributed by atoms with Gasteiger partial charge >= 0.3 is 0 Å². The van der Waals surface area contributed by atoms with Crippen molar-refractivity contribution in [3.63, 3.8) is 0 Å². The Morgan fingerprint density at radius 2 is 0.820 bits per heavy atom. The van der Waals surface area contributed by atoms with E-state index < -0.39 is 0 Å². The lowest BCUT2D eigenvalue weighted by atomic mass is 9.85. The summed E-state index contributed by atoms with van der Waals surface area (Å²) in [6, 6.07) is 56.1. The number of hydrogen-bond acceptors (Lipinski definition) is 3. The van der Waals surface area contributed by atoms with E-state index in [0.29, 0.717) is 11.6 Å². The summed E-state index contributed by atoms with van der Waals surface area (Å²) in [6.07, 6.45) is 8.31. The van der Waals surface area contributed by atoms with Gasteiger partial charge in [0.1, 0.15) is 0 Å². The van der Waals surface area contributed by atoms with Gasteiger partial charge in [0.15, 0.2) is 17.5 Å². The van der Waals surface area contributed by atoms with Crippen LogP contribution in [0.15, 0.2) is 176 Å². The third kappa shape index (κ3) is 5.49. The molecule has 0 N–H and O–H groups in total. The molecule has 1 heterocycles. The second kappa shape index (κ2) is 12.9. The second-order valence-corrected chi connectivity index (χ2v) is 12.7. The summed E-state index contributed by atoms with van der Waals surface area (Å²) >= 11 is 0. The zero-order chi connectivity index (χ0) is 33.3. The van der Waals surface area contributed by atoms with Gasteiger partial charge in [0.2, 0.25) is 0 Å². The van der Waals surface area contributed by atoms with Gasteiger partial charge in [-0.25, -0.2) is 15.0 Å². The van der Waals surface area contributed by atoms with E-state index in [1.165, 1.54) is 43.8 Å². The smallest absolute Gasteiger partial charge is 0.164 e. The molecule has 0 saturated heterocycles. The Balaban J connectivity index is 1.19. The average Bonchev–Trinajstić information content (AvgIpc) is 3.21. The van der Waals surface area contributed by atoms with Gasteiger partial charge in [0.05, 0.1) is 0 Å². The molecule has 0 bridgehead atoms. The number of benzene rings is 7. The van der Waals surface area contributed by atoms with Gasteiger partial charge in [0.25, 0.3) is 0 Å². The number of nitrogens with zero attached hydrogens (tertiary/aromatic N) is 3. The van der Waals surface area contributed by atoms with E-state index in [1.54, 1.807) is 0 Å². The number of aromatic nitrogens is 3. The molecule has 0 aliphatic heterocycles. The van der Waals surface area contributed by atoms with Crippen LogP contribution in [0.4, 0.5) is 0 Å². The van der Waals surface area contributed by atoms with Crippen molar-refractivity contribution < 1.29 is 0 Å². The highest BCUT2D eigenvalue weighted by molar-refractivity contribution is 6.21. The maximum atomic E-state index is 4.98. The van der Waals surface area contributed by atoms with Crippen LogP contribution in [0.3, 0.4) is 0 Å². The van der Waals surface area contributed by atoms with Crippen LogP contribution in [0.25, 0.3) is 83.3 Å². The molecule has 0 atom stereocenters. The van der Waals surface area contributed by atoms with Gasteiger partial charge in [-0.05, 0) is 79.4 Å². The molecule has 0 amide bonds. The SMILES string of the molecule is C1=CCCC(c2nc(-c3ccccc3)nc(-c3ccc(-c4ccc5c(-c6ccccc6)c6ccccc6c(-c6ccccc6)c5c4)cc3)n2)=C1. The summed E-state index contributed by atoms with van der Waals surface area (Å²) in [5, 5.41) is 4.99. The predicted octanol–water partition coefficient (Wildman–Crippen LogP) is 12.2. The lowest BCUT2D eigenvalue weighted by Gasteiger charge is -2.18. The topological polar surface area (TPSA) is 38.7 Å². The molecular formula is C47H33N3. The molecule has 1 aromatic heterocycles. The highest BCUT2D eigenvalue weighted by atomic mass is 15.0. The molecule has 3 heteroatoms. The molecule has 0 unspecified atom stereocenters. The molecule has 50 heavy (non-hydrogen) atoms. The average molecular weight is 640 g/mol. The van der Waals surface area contributed by atoms with Crippen molar-refractivity contribution >= 4 is 27.1 Å². The fraction of sp³-hybridized carbons (Fsp3) is 0.0426. The minimum absolute atomic E-state index is 0.680. The fourth-order valence-electron chi connectivity index (χ4n) is 7.16. The Kier molecular flexibility index (Phi) is 7.64. The first-order chi connectivity index (χ1) is 24.8. The molecule has 236 valence electrons. The van der Waals surface area contributed by atoms with Crippen LogP contribution in [-0.2, 0) is 0 Å². The highest BCUT2D eigenvalue weighted by Gasteiger charge is 2.18. The van der Waals surface area contributed by atoms with Crippen molar-refractivity contribution in [3.8, 4) is 56.2 Å². The van der Waals surface area contributed by atoms with E-state index in [9.17, 15) is 0 Å². The number of fused-ring (bicyclic) bond motifs is 2. The fourth-order valence-corrected chi connectivity index (χ4v) is 7.16. The minimum atomic E-state index is 0.680. The van der Waals surface area contributed by atoms with Crippen molar-refractivity contribution in [2.24, 2.45) is 0 Å². The summed E-state index contributed by atoms with van der Waals surface area (Å²) in [4.78, 5) is 14.8. The molecule has 1 aliphatic carbocycles. The molecule has 3 nitrogen and oxygen atoms in total. The van der Waals surface area contributed by atoms with Gasteiger partial charge in [-0.1, -0.05) is 170 Å². The lowest BCUT2D eigenvalue weighted by molar-refractivity contribution is 0.978. The lowest BCUT2D eigenvalue weighted by Crippen LogP contribution is -2.03. The van der Waals surface area contributed by atoms with Crippen LogP contribution >= 0.6 is 0 Å². The standard InChI is InChI=1S/C47H33N3/c1-5-15-33(16-6-1)43-39-23-13-14-24-40(39)44(34-17-7-2-8-18-34)42-31-38(29-30-41(42)43)32-25-27-37(28-26-32)47-49-45(35-19-9-3-10-20-35)48-46(50-47)36-21-11-4-12-22-36/h1-11,13-21,23-31H,12,22H2. The Bertz CT molecular complexity index is 2550. The third-order valence-corrected chi connectivity index (χ3v) is 9.59. The maximum absolute atomic E-state index is 4.98. The van der Waals surface area contributed by atoms with E-state index in [0.717, 1.165) is 46.5 Å². The van der Waals surface area contributed by atoms with Crippen molar-refractivity contribution in [3.05, 3.63) is 182 Å². The van der Waals surface area contributed by atoms with E-state index in [1.807, 2.05) is 18.2 Å². The molecular weight excluding hydrogens is 607 g/mol. The number of allylic oxidation sites excluding steroid dienone is 4. The van der Waals surface area contributed by atoms with Crippen LogP contribution in [0.2, 0.25) is 0 Å². The quantitative estimate of drug-likeness (QED) is 0.170. The summed E-state index contributed by atoms with van der Waals surface area (Å²) in [5.74, 6) is 2.11. The van der Waals surface area contributed by atoms with Crippen LogP contribution in [0.5, 0.6) is 0 Å². The highest BCUT2D eigenvalue weighted by Crippen LogP contribution is 2.44. The first kappa shape index (κ1) is 29.7. The van der Waals surface area contributed by atoms with Crippen molar-refractivity contribution in [2.75, 3.05) is 0 Å². The number of rotatable bonds is 6. The maximum Gasteiger partial charge on any atom is 0.164 e. The van der Waals surface area contributed by atoms with Crippen molar-refractivity contribution in [1.29, 1.82) is 0 Å². The second-order valence-electron chi connectivity index (χ2n) is 12.7. The van der Waals surface area contributed by atoms with Gasteiger partial charge < -0.3 is 0 Å². The monoisotopic (exact) mass is 639 g/mol. The van der Waals surface area contributed by atoms with Crippen LogP contribution < -0.4 is 0 Å². The molecule has 7 aromatic carbocycles. The van der Waals surface area contributed by atoms with Crippen LogP contribution in [0, 0.1) is 0 Å². The molecule has 9 rings (SSSR count). The largest absolute Gasteiger partial charge is 0.209 e. The molecule has 1 aliphatic rings. The van der Waals surface area contributed by atoms with Gasteiger partial charge in [-0.15, -0.1) is 0 Å². The molecule has 0 fully saturated rings. The molecule has 0 spiro atoms. The third-order valence-electron chi connectivity index (χ3n) is 9.59. The van der Waals surface area contributed by atoms with E-state index in [-0.39, 0.29) is 0 Å². The predicted molar refractivity (Wildman–Crippen MR) is 208 cm³/mol. The molecule has 0 saturated carbocycles. The van der Waals surface area contributed by atoms with Crippen LogP contribution in [-0.4, -0.2) is 15.0 Å². The summed E-state index contributed by atoms with van der Waals surface area (Å²) in [6.45, 7) is 0. The Morgan fingerprint density at radius 3 is 1.40 bits per heavy atom. The van der Waals surface area contributed by atoms with Crippen molar-refractivity contribution in [1.82, 2.24) is 15.0 Å². The summed E-state index contributed by atoms with van der Waals surface area (Å²) in [7, 11) is 0. The molecule has 8 aromatic rings. The first-order valence-corrected chi connectivity index (χ1v) is 17.2. The zero-order valence-corrected chi connectivity index (χ0v) is 27.5. The first-order valence-electron chi connectivity index (χ1n) is 17.2. The van der Waals surface area contributed by atoms with Crippen molar-refractivity contribution in [2.45, 2.75) is 12.8 Å². The summed E-state index contributed by atoms with van der Waals surface area (Å²) in [5.41, 5.74) is 10.3. The Labute approximate surface area is 292 Å². The normalized spacial score (nSPS) is 12.7. The Morgan fingerprint density at radius 1 is 0.360 bits per heavy atom. The van der Waals surface area contributed by atoms with Gasteiger partial charge in [0, 0.05) is 11.1 Å². The van der Waals surface area contributed by atoms with Gasteiger partial charge in [-0.2, -0.15) is 0 Å². The van der Waals surface area contributed by atoms with E-state index >= 15 is 0 Å². The molecule has 0 radical (unpaired) electrons. The zero-order valence-electron chi connectivity index (χ0n) is 27.5. The van der Waals surface area contributed by atoms with E-state index in [2.05, 4.69) is 158 Å². The minimum Gasteiger partial charge on any atom is -0.209 e. The van der Waals surface area contributed by atoms with Gasteiger partial charge in [-0.3, -0.25) is 0 Å². The number of hydrogen-bond donors (Lipinski definition) is 0. The Hall–Kier alpha value is -6.45.